The Balaban J connectivity index is 1.15. The number of thiazole rings is 1. The van der Waals surface area contributed by atoms with Crippen LogP contribution >= 0.6 is 11.3 Å². The number of nitrogens with zero attached hydrogens (tertiary/aromatic N) is 4. The van der Waals surface area contributed by atoms with E-state index in [9.17, 15) is 13.6 Å². The van der Waals surface area contributed by atoms with Gasteiger partial charge in [0.15, 0.2) is 6.61 Å². The lowest BCUT2D eigenvalue weighted by atomic mass is 9.84. The van der Waals surface area contributed by atoms with E-state index in [1.165, 1.54) is 0 Å². The second kappa shape index (κ2) is 12.0. The fraction of sp³-hybridized carbons (Fsp3) is 0.667. The molecule has 0 saturated heterocycles. The average Bonchev–Trinajstić information content (AvgIpc) is 3.11. The summed E-state index contributed by atoms with van der Waals surface area (Å²) >= 11 is 1.58. The average molecular weight is 494 g/mol. The molecule has 0 spiro atoms. The number of alkyl halides is 2. The normalized spacial score (nSPS) is 21.2. The van der Waals surface area contributed by atoms with Crippen LogP contribution in [0.2, 0.25) is 0 Å². The van der Waals surface area contributed by atoms with Gasteiger partial charge in [0, 0.05) is 42.8 Å². The Morgan fingerprint density at radius 2 is 2.00 bits per heavy atom. The lowest BCUT2D eigenvalue weighted by Crippen LogP contribution is -2.38. The third kappa shape index (κ3) is 7.40. The summed E-state index contributed by atoms with van der Waals surface area (Å²) in [5.41, 5.74) is 1.99. The van der Waals surface area contributed by atoms with Crippen LogP contribution in [0.1, 0.15) is 53.2 Å². The minimum absolute atomic E-state index is 0.0403. The molecule has 3 heterocycles. The molecule has 1 aliphatic carbocycles. The number of nitrogens with one attached hydrogen (secondary N) is 1. The molecular weight excluding hydrogens is 460 g/mol. The zero-order chi connectivity index (χ0) is 23.9. The molecule has 1 amide bonds. The molecule has 0 atom stereocenters. The SMILES string of the molecule is Cc1ncc(CC(=O)N[C@H]2CC[C@H](CCN3CCc4cnc(OCC(F)F)nc4CC3)CC2)s1. The molecule has 1 saturated carbocycles. The highest BCUT2D eigenvalue weighted by Crippen LogP contribution is 2.28. The largest absolute Gasteiger partial charge is 0.457 e. The van der Waals surface area contributed by atoms with E-state index in [1.54, 1.807) is 23.7 Å². The third-order valence-electron chi connectivity index (χ3n) is 6.70. The lowest BCUT2D eigenvalue weighted by molar-refractivity contribution is -0.121. The van der Waals surface area contributed by atoms with Crippen LogP contribution in [-0.4, -0.2) is 64.5 Å². The first kappa shape index (κ1) is 24.9. The summed E-state index contributed by atoms with van der Waals surface area (Å²) in [5.74, 6) is 0.791. The monoisotopic (exact) mass is 493 g/mol. The van der Waals surface area contributed by atoms with E-state index in [0.29, 0.717) is 12.3 Å². The van der Waals surface area contributed by atoms with Gasteiger partial charge in [0.1, 0.15) is 0 Å². The maximum Gasteiger partial charge on any atom is 0.316 e. The molecule has 34 heavy (non-hydrogen) atoms. The summed E-state index contributed by atoms with van der Waals surface area (Å²) in [6, 6.07) is 0.323. The van der Waals surface area contributed by atoms with Crippen molar-refractivity contribution in [2.75, 3.05) is 26.2 Å². The van der Waals surface area contributed by atoms with Crippen LogP contribution in [-0.2, 0) is 24.1 Å². The Morgan fingerprint density at radius 1 is 1.21 bits per heavy atom. The van der Waals surface area contributed by atoms with Crippen molar-refractivity contribution in [1.29, 1.82) is 0 Å². The Labute approximate surface area is 203 Å². The van der Waals surface area contributed by atoms with E-state index in [2.05, 4.69) is 25.2 Å². The van der Waals surface area contributed by atoms with Crippen molar-refractivity contribution in [1.82, 2.24) is 25.2 Å². The minimum Gasteiger partial charge on any atom is -0.457 e. The molecule has 0 aromatic carbocycles. The number of aromatic nitrogens is 3. The predicted octanol–water partition coefficient (Wildman–Crippen LogP) is 3.59. The number of ether oxygens (including phenoxy) is 1. The Morgan fingerprint density at radius 3 is 2.74 bits per heavy atom. The first-order valence-electron chi connectivity index (χ1n) is 12.1. The van der Waals surface area contributed by atoms with Gasteiger partial charge >= 0.3 is 6.01 Å². The summed E-state index contributed by atoms with van der Waals surface area (Å²) < 4.78 is 29.7. The van der Waals surface area contributed by atoms with Crippen molar-refractivity contribution < 1.29 is 18.3 Å². The van der Waals surface area contributed by atoms with Crippen LogP contribution in [0.3, 0.4) is 0 Å². The predicted molar refractivity (Wildman–Crippen MR) is 126 cm³/mol. The number of fused-ring (bicyclic) bond motifs is 1. The molecule has 4 rings (SSSR count). The van der Waals surface area contributed by atoms with Crippen LogP contribution in [0.15, 0.2) is 12.4 Å². The summed E-state index contributed by atoms with van der Waals surface area (Å²) in [7, 11) is 0. The third-order valence-corrected chi connectivity index (χ3v) is 7.61. The van der Waals surface area contributed by atoms with E-state index >= 15 is 0 Å². The zero-order valence-corrected chi connectivity index (χ0v) is 20.5. The Hall–Kier alpha value is -2.20. The molecule has 7 nitrogen and oxygen atoms in total. The van der Waals surface area contributed by atoms with E-state index in [0.717, 1.165) is 85.7 Å². The number of hydrogen-bond acceptors (Lipinski definition) is 7. The lowest BCUT2D eigenvalue weighted by Gasteiger charge is -2.30. The molecule has 1 aliphatic heterocycles. The minimum atomic E-state index is -2.53. The highest BCUT2D eigenvalue weighted by molar-refractivity contribution is 7.11. The maximum atomic E-state index is 12.4. The Bertz CT molecular complexity index is 949. The highest BCUT2D eigenvalue weighted by atomic mass is 32.1. The quantitative estimate of drug-likeness (QED) is 0.575. The number of amides is 1. The van der Waals surface area contributed by atoms with Crippen molar-refractivity contribution >= 4 is 17.2 Å². The summed E-state index contributed by atoms with van der Waals surface area (Å²) in [6.07, 6.45) is 8.59. The second-order valence-corrected chi connectivity index (χ2v) is 10.6. The van der Waals surface area contributed by atoms with Gasteiger partial charge < -0.3 is 15.0 Å². The van der Waals surface area contributed by atoms with Gasteiger partial charge in [0.05, 0.1) is 17.1 Å². The molecule has 1 N–H and O–H groups in total. The van der Waals surface area contributed by atoms with Gasteiger partial charge in [-0.05, 0) is 63.5 Å². The van der Waals surface area contributed by atoms with Crippen molar-refractivity contribution in [3.8, 4) is 6.01 Å². The number of hydrogen-bond donors (Lipinski definition) is 1. The molecule has 1 fully saturated rings. The van der Waals surface area contributed by atoms with Gasteiger partial charge in [-0.2, -0.15) is 4.98 Å². The molecule has 2 aromatic rings. The first-order valence-corrected chi connectivity index (χ1v) is 12.9. The topological polar surface area (TPSA) is 80.2 Å². The molecular formula is C24H33F2N5O2S. The van der Waals surface area contributed by atoms with E-state index in [1.807, 2.05) is 6.92 Å². The zero-order valence-electron chi connectivity index (χ0n) is 19.6. The molecule has 0 bridgehead atoms. The van der Waals surface area contributed by atoms with Crippen molar-refractivity contribution in [3.63, 3.8) is 0 Å². The number of carbonyl (C=O) groups excluding carboxylic acids is 1. The van der Waals surface area contributed by atoms with Crippen LogP contribution in [0.4, 0.5) is 8.78 Å². The second-order valence-electron chi connectivity index (χ2n) is 9.26. The standard InChI is InChI=1S/C24H33F2N5O2S/c1-16-27-14-20(34-16)12-23(32)29-19-4-2-17(3-5-19)6-9-31-10-7-18-13-28-24(33-15-22(25)26)30-21(18)8-11-31/h13-14,17,19,22H,2-12,15H2,1H3,(H,29,32)/t17-,19-. The molecule has 186 valence electrons. The van der Waals surface area contributed by atoms with Crippen LogP contribution < -0.4 is 10.1 Å². The Kier molecular flexibility index (Phi) is 8.77. The van der Waals surface area contributed by atoms with Gasteiger partial charge in [-0.3, -0.25) is 4.79 Å². The summed E-state index contributed by atoms with van der Waals surface area (Å²) in [6.45, 7) is 4.18. The summed E-state index contributed by atoms with van der Waals surface area (Å²) in [5, 5.41) is 4.20. The van der Waals surface area contributed by atoms with Crippen LogP contribution in [0.25, 0.3) is 0 Å². The van der Waals surface area contributed by atoms with Crippen molar-refractivity contribution in [2.24, 2.45) is 5.92 Å². The highest BCUT2D eigenvalue weighted by Gasteiger charge is 2.24. The molecule has 0 unspecified atom stereocenters. The van der Waals surface area contributed by atoms with Crippen LogP contribution in [0.5, 0.6) is 6.01 Å². The molecule has 10 heteroatoms. The smallest absolute Gasteiger partial charge is 0.316 e. The van der Waals surface area contributed by atoms with Crippen molar-refractivity contribution in [2.45, 2.75) is 70.8 Å². The van der Waals surface area contributed by atoms with Gasteiger partial charge in [0.25, 0.3) is 6.43 Å². The van der Waals surface area contributed by atoms with Crippen molar-refractivity contribution in [3.05, 3.63) is 33.5 Å². The maximum absolute atomic E-state index is 12.4. The van der Waals surface area contributed by atoms with E-state index in [-0.39, 0.29) is 18.0 Å². The van der Waals surface area contributed by atoms with E-state index < -0.39 is 13.0 Å². The first-order chi connectivity index (χ1) is 16.4. The van der Waals surface area contributed by atoms with Gasteiger partial charge in [-0.15, -0.1) is 11.3 Å². The van der Waals surface area contributed by atoms with Gasteiger partial charge in [-0.25, -0.2) is 18.7 Å². The fourth-order valence-corrected chi connectivity index (χ4v) is 5.61. The number of aryl methyl sites for hydroxylation is 1. The van der Waals surface area contributed by atoms with Gasteiger partial charge in [0.2, 0.25) is 5.91 Å². The number of rotatable bonds is 9. The molecule has 2 aromatic heterocycles. The number of carbonyl (C=O) groups is 1. The van der Waals surface area contributed by atoms with Gasteiger partial charge in [-0.1, -0.05) is 0 Å². The molecule has 2 aliphatic rings. The summed E-state index contributed by atoms with van der Waals surface area (Å²) in [4.78, 5) is 28.5. The fourth-order valence-electron chi connectivity index (χ4n) is 4.82. The molecule has 0 radical (unpaired) electrons. The number of halogens is 2. The van der Waals surface area contributed by atoms with Crippen LogP contribution in [0, 0.1) is 12.8 Å². The van der Waals surface area contributed by atoms with E-state index in [4.69, 9.17) is 4.74 Å².